The van der Waals surface area contributed by atoms with Crippen LogP contribution in [0.4, 0.5) is 4.79 Å². The first-order valence-electron chi connectivity index (χ1n) is 7.83. The number of imidazole rings is 1. The molecule has 1 aromatic rings. The Kier molecular flexibility index (Phi) is 4.43. The molecular weight excluding hydrogens is 268 g/mol. The van der Waals surface area contributed by atoms with Gasteiger partial charge < -0.3 is 19.5 Å². The molecule has 0 saturated carbocycles. The Balaban J connectivity index is 1.43. The summed E-state index contributed by atoms with van der Waals surface area (Å²) < 4.78 is 7.72. The Morgan fingerprint density at radius 3 is 3.29 bits per heavy atom. The van der Waals surface area contributed by atoms with Gasteiger partial charge in [0.25, 0.3) is 0 Å². The van der Waals surface area contributed by atoms with Crippen molar-refractivity contribution in [2.24, 2.45) is 5.92 Å². The summed E-state index contributed by atoms with van der Waals surface area (Å²) in [5.41, 5.74) is 0. The summed E-state index contributed by atoms with van der Waals surface area (Å²) in [5.74, 6) is 1.64. The van der Waals surface area contributed by atoms with Gasteiger partial charge in [0.2, 0.25) is 0 Å². The molecule has 1 aromatic heterocycles. The summed E-state index contributed by atoms with van der Waals surface area (Å²) >= 11 is 0. The molecule has 2 atom stereocenters. The van der Waals surface area contributed by atoms with Gasteiger partial charge in [-0.15, -0.1) is 0 Å². The van der Waals surface area contributed by atoms with E-state index >= 15 is 0 Å². The molecule has 2 aliphatic rings. The fourth-order valence-corrected chi connectivity index (χ4v) is 3.18. The van der Waals surface area contributed by atoms with Crippen molar-refractivity contribution in [2.75, 3.05) is 26.7 Å². The number of amides is 2. The fraction of sp³-hybridized carbons (Fsp3) is 0.733. The normalized spacial score (nSPS) is 24.6. The van der Waals surface area contributed by atoms with E-state index in [1.165, 1.54) is 0 Å². The number of hydrogen-bond acceptors (Lipinski definition) is 3. The zero-order valence-corrected chi connectivity index (χ0v) is 12.6. The van der Waals surface area contributed by atoms with Gasteiger partial charge in [-0.25, -0.2) is 9.78 Å². The van der Waals surface area contributed by atoms with Gasteiger partial charge in [-0.05, 0) is 25.2 Å². The van der Waals surface area contributed by atoms with Crippen LogP contribution in [0.25, 0.3) is 0 Å². The quantitative estimate of drug-likeness (QED) is 0.909. The van der Waals surface area contributed by atoms with Gasteiger partial charge in [0, 0.05) is 52.1 Å². The molecule has 1 saturated heterocycles. The van der Waals surface area contributed by atoms with Crippen LogP contribution >= 0.6 is 0 Å². The van der Waals surface area contributed by atoms with Gasteiger partial charge in [0.15, 0.2) is 0 Å². The second kappa shape index (κ2) is 6.47. The molecule has 6 heteroatoms. The van der Waals surface area contributed by atoms with Crippen LogP contribution in [0.1, 0.15) is 25.1 Å². The summed E-state index contributed by atoms with van der Waals surface area (Å²) in [6.45, 7) is 3.24. The summed E-state index contributed by atoms with van der Waals surface area (Å²) in [5, 5.41) is 2.97. The average Bonchev–Trinajstić information content (AvgIpc) is 3.15. The van der Waals surface area contributed by atoms with Crippen molar-refractivity contribution in [2.45, 2.75) is 38.3 Å². The number of aromatic nitrogens is 2. The van der Waals surface area contributed by atoms with Crippen LogP contribution in [0.3, 0.4) is 0 Å². The van der Waals surface area contributed by atoms with Gasteiger partial charge in [-0.1, -0.05) is 0 Å². The van der Waals surface area contributed by atoms with Crippen molar-refractivity contribution in [3.63, 3.8) is 0 Å². The molecule has 0 unspecified atom stereocenters. The van der Waals surface area contributed by atoms with E-state index in [0.717, 1.165) is 51.2 Å². The molecule has 0 bridgehead atoms. The largest absolute Gasteiger partial charge is 0.376 e. The van der Waals surface area contributed by atoms with Crippen LogP contribution in [0.5, 0.6) is 0 Å². The molecule has 0 aliphatic carbocycles. The Morgan fingerprint density at radius 2 is 2.48 bits per heavy atom. The van der Waals surface area contributed by atoms with E-state index in [4.69, 9.17) is 4.74 Å². The summed E-state index contributed by atoms with van der Waals surface area (Å²) in [7, 11) is 1.87. The highest BCUT2D eigenvalue weighted by Crippen LogP contribution is 2.19. The SMILES string of the molecule is CN(C[C@H]1CCn2ccnc2C1)C(=O)NC[C@@H]1CCCO1. The monoisotopic (exact) mass is 292 g/mol. The van der Waals surface area contributed by atoms with Crippen LogP contribution < -0.4 is 5.32 Å². The standard InChI is InChI=1S/C15H24N4O2/c1-18(15(20)17-10-13-3-2-8-21-13)11-12-4-6-19-7-5-16-14(19)9-12/h5,7,12-13H,2-4,6,8-11H2,1H3,(H,17,20)/t12-,13-/m0/s1. The smallest absolute Gasteiger partial charge is 0.317 e. The lowest BCUT2D eigenvalue weighted by Gasteiger charge is -2.28. The van der Waals surface area contributed by atoms with E-state index in [1.807, 2.05) is 19.4 Å². The van der Waals surface area contributed by atoms with Gasteiger partial charge in [0.05, 0.1) is 6.10 Å². The second-order valence-corrected chi connectivity index (χ2v) is 6.10. The average molecular weight is 292 g/mol. The molecule has 3 rings (SSSR count). The molecule has 1 fully saturated rings. The first-order valence-corrected chi connectivity index (χ1v) is 7.83. The Hall–Kier alpha value is -1.56. The maximum Gasteiger partial charge on any atom is 0.317 e. The number of nitrogens with one attached hydrogen (secondary N) is 1. The molecule has 0 radical (unpaired) electrons. The number of carbonyl (C=O) groups is 1. The minimum atomic E-state index is -0.000541. The third-order valence-corrected chi connectivity index (χ3v) is 4.43. The summed E-state index contributed by atoms with van der Waals surface area (Å²) in [6, 6.07) is -0.000541. The van der Waals surface area contributed by atoms with Crippen LogP contribution in [-0.2, 0) is 17.7 Å². The number of carbonyl (C=O) groups excluding carboxylic acids is 1. The van der Waals surface area contributed by atoms with Gasteiger partial charge in [0.1, 0.15) is 5.82 Å². The molecule has 0 spiro atoms. The van der Waals surface area contributed by atoms with Crippen molar-refractivity contribution in [3.05, 3.63) is 18.2 Å². The van der Waals surface area contributed by atoms with E-state index in [9.17, 15) is 4.79 Å². The van der Waals surface area contributed by atoms with Crippen molar-refractivity contribution in [3.8, 4) is 0 Å². The minimum absolute atomic E-state index is 0.000541. The number of rotatable bonds is 4. The van der Waals surface area contributed by atoms with E-state index in [0.29, 0.717) is 12.5 Å². The highest BCUT2D eigenvalue weighted by molar-refractivity contribution is 5.73. The van der Waals surface area contributed by atoms with Gasteiger partial charge in [-0.2, -0.15) is 0 Å². The zero-order chi connectivity index (χ0) is 14.7. The van der Waals surface area contributed by atoms with Gasteiger partial charge in [-0.3, -0.25) is 0 Å². The van der Waals surface area contributed by atoms with E-state index in [1.54, 1.807) is 4.90 Å². The second-order valence-electron chi connectivity index (χ2n) is 6.10. The Morgan fingerprint density at radius 1 is 1.57 bits per heavy atom. The number of hydrogen-bond donors (Lipinski definition) is 1. The molecule has 3 heterocycles. The fourth-order valence-electron chi connectivity index (χ4n) is 3.18. The molecule has 21 heavy (non-hydrogen) atoms. The predicted molar refractivity (Wildman–Crippen MR) is 79.0 cm³/mol. The van der Waals surface area contributed by atoms with Crippen molar-refractivity contribution < 1.29 is 9.53 Å². The molecular formula is C15H24N4O2. The van der Waals surface area contributed by atoms with Crippen LogP contribution in [0, 0.1) is 5.92 Å². The lowest BCUT2D eigenvalue weighted by molar-refractivity contribution is 0.109. The lowest BCUT2D eigenvalue weighted by atomic mass is 9.97. The molecule has 0 aromatic carbocycles. The van der Waals surface area contributed by atoms with E-state index in [-0.39, 0.29) is 12.1 Å². The highest BCUT2D eigenvalue weighted by atomic mass is 16.5. The molecule has 2 amide bonds. The molecule has 6 nitrogen and oxygen atoms in total. The molecule has 116 valence electrons. The first-order chi connectivity index (χ1) is 10.2. The lowest BCUT2D eigenvalue weighted by Crippen LogP contribution is -2.43. The minimum Gasteiger partial charge on any atom is -0.376 e. The first kappa shape index (κ1) is 14.4. The van der Waals surface area contributed by atoms with Gasteiger partial charge >= 0.3 is 6.03 Å². The summed E-state index contributed by atoms with van der Waals surface area (Å²) in [4.78, 5) is 18.3. The maximum atomic E-state index is 12.1. The van der Waals surface area contributed by atoms with Crippen molar-refractivity contribution in [1.82, 2.24) is 19.8 Å². The predicted octanol–water partition coefficient (Wildman–Crippen LogP) is 1.27. The highest BCUT2D eigenvalue weighted by Gasteiger charge is 2.23. The van der Waals surface area contributed by atoms with E-state index in [2.05, 4.69) is 14.9 Å². The number of aryl methyl sites for hydroxylation is 1. The number of fused-ring (bicyclic) bond motifs is 1. The Bertz CT molecular complexity index is 482. The molecule has 2 aliphatic heterocycles. The van der Waals surface area contributed by atoms with Crippen LogP contribution in [0.2, 0.25) is 0 Å². The number of urea groups is 1. The molecule has 1 N–H and O–H groups in total. The topological polar surface area (TPSA) is 59.4 Å². The number of nitrogens with zero attached hydrogens (tertiary/aromatic N) is 3. The number of ether oxygens (including phenoxy) is 1. The van der Waals surface area contributed by atoms with Crippen LogP contribution in [0.15, 0.2) is 12.4 Å². The van der Waals surface area contributed by atoms with Crippen molar-refractivity contribution in [1.29, 1.82) is 0 Å². The van der Waals surface area contributed by atoms with Crippen LogP contribution in [-0.4, -0.2) is 53.3 Å². The third-order valence-electron chi connectivity index (χ3n) is 4.43. The Labute approximate surface area is 125 Å². The van der Waals surface area contributed by atoms with E-state index < -0.39 is 0 Å². The van der Waals surface area contributed by atoms with Crippen molar-refractivity contribution >= 4 is 6.03 Å². The maximum absolute atomic E-state index is 12.1. The summed E-state index contributed by atoms with van der Waals surface area (Å²) in [6.07, 6.45) is 8.30. The third kappa shape index (κ3) is 3.56. The zero-order valence-electron chi connectivity index (χ0n) is 12.6.